The average molecular weight is 400 g/mol. The molecule has 0 saturated carbocycles. The van der Waals surface area contributed by atoms with Gasteiger partial charge in [0, 0.05) is 11.1 Å². The SMILES string of the molecule is Cc1oc(-c2ccc(C(F)(F)F)cc2)cc1/C=C\c1ccc(OC(C)(C)C)cc1. The van der Waals surface area contributed by atoms with Crippen LogP contribution in [0.4, 0.5) is 13.2 Å². The third-order valence-electron chi connectivity index (χ3n) is 4.21. The molecule has 0 unspecified atom stereocenters. The fraction of sp³-hybridized carbons (Fsp3) is 0.250. The van der Waals surface area contributed by atoms with Crippen LogP contribution in [0.15, 0.2) is 59.0 Å². The minimum absolute atomic E-state index is 0.250. The molecule has 0 aliphatic heterocycles. The van der Waals surface area contributed by atoms with Crippen LogP contribution in [-0.2, 0) is 6.18 Å². The molecule has 29 heavy (non-hydrogen) atoms. The molecular formula is C24H23F3O2. The van der Waals surface area contributed by atoms with Gasteiger partial charge in [0.15, 0.2) is 0 Å². The molecular weight excluding hydrogens is 377 g/mol. The van der Waals surface area contributed by atoms with Gasteiger partial charge in [-0.3, -0.25) is 0 Å². The van der Waals surface area contributed by atoms with E-state index in [9.17, 15) is 13.2 Å². The summed E-state index contributed by atoms with van der Waals surface area (Å²) in [5.74, 6) is 2.03. The number of aryl methyl sites for hydroxylation is 1. The van der Waals surface area contributed by atoms with Crippen molar-refractivity contribution in [2.75, 3.05) is 0 Å². The lowest BCUT2D eigenvalue weighted by Crippen LogP contribution is -2.22. The van der Waals surface area contributed by atoms with E-state index >= 15 is 0 Å². The molecule has 2 aromatic carbocycles. The molecule has 5 heteroatoms. The van der Waals surface area contributed by atoms with Crippen molar-refractivity contribution in [1.82, 2.24) is 0 Å². The second-order valence-corrected chi connectivity index (χ2v) is 7.81. The third-order valence-corrected chi connectivity index (χ3v) is 4.21. The Hall–Kier alpha value is -2.95. The van der Waals surface area contributed by atoms with Crippen molar-refractivity contribution in [3.63, 3.8) is 0 Å². The van der Waals surface area contributed by atoms with Crippen molar-refractivity contribution >= 4 is 12.2 Å². The minimum atomic E-state index is -4.35. The van der Waals surface area contributed by atoms with Gasteiger partial charge >= 0.3 is 6.18 Å². The lowest BCUT2D eigenvalue weighted by atomic mass is 10.1. The van der Waals surface area contributed by atoms with Crippen molar-refractivity contribution in [3.05, 3.63) is 77.0 Å². The van der Waals surface area contributed by atoms with Gasteiger partial charge in [-0.2, -0.15) is 13.2 Å². The number of halogens is 3. The van der Waals surface area contributed by atoms with Gasteiger partial charge in [0.25, 0.3) is 0 Å². The molecule has 0 spiro atoms. The Morgan fingerprint density at radius 2 is 1.48 bits per heavy atom. The fourth-order valence-electron chi connectivity index (χ4n) is 2.81. The summed E-state index contributed by atoms with van der Waals surface area (Å²) in [5.41, 5.74) is 1.55. The van der Waals surface area contributed by atoms with Crippen LogP contribution < -0.4 is 4.74 Å². The predicted molar refractivity (Wildman–Crippen MR) is 110 cm³/mol. The number of rotatable bonds is 4. The standard InChI is InChI=1S/C24H23F3O2/c1-16-19(8-5-17-6-13-21(14-7-17)29-23(2,3)4)15-22(28-16)18-9-11-20(12-10-18)24(25,26)27/h5-15H,1-4H3/b8-5-. The summed E-state index contributed by atoms with van der Waals surface area (Å²) < 4.78 is 49.7. The van der Waals surface area contributed by atoms with Crippen molar-refractivity contribution in [1.29, 1.82) is 0 Å². The van der Waals surface area contributed by atoms with Crippen molar-refractivity contribution < 1.29 is 22.3 Å². The lowest BCUT2D eigenvalue weighted by molar-refractivity contribution is -0.137. The summed E-state index contributed by atoms with van der Waals surface area (Å²) in [7, 11) is 0. The average Bonchev–Trinajstić information content (AvgIpc) is 3.00. The monoisotopic (exact) mass is 400 g/mol. The smallest absolute Gasteiger partial charge is 0.416 e. The Labute approximate surface area is 168 Å². The first-order valence-corrected chi connectivity index (χ1v) is 9.26. The van der Waals surface area contributed by atoms with Crippen LogP contribution in [0, 0.1) is 6.92 Å². The Bertz CT molecular complexity index is 987. The number of ether oxygens (including phenoxy) is 1. The zero-order valence-electron chi connectivity index (χ0n) is 16.8. The van der Waals surface area contributed by atoms with Gasteiger partial charge in [-0.1, -0.05) is 36.4 Å². The van der Waals surface area contributed by atoms with E-state index in [1.54, 1.807) is 0 Å². The highest BCUT2D eigenvalue weighted by molar-refractivity contribution is 5.73. The number of hydrogen-bond acceptors (Lipinski definition) is 2. The van der Waals surface area contributed by atoms with E-state index in [0.717, 1.165) is 29.0 Å². The summed E-state index contributed by atoms with van der Waals surface area (Å²) >= 11 is 0. The quantitative estimate of drug-likeness (QED) is 0.449. The van der Waals surface area contributed by atoms with Crippen LogP contribution in [0.3, 0.4) is 0 Å². The number of hydrogen-bond donors (Lipinski definition) is 0. The van der Waals surface area contributed by atoms with Crippen LogP contribution in [-0.4, -0.2) is 5.60 Å². The molecule has 1 heterocycles. The first kappa shape index (κ1) is 20.8. The molecule has 3 aromatic rings. The number of benzene rings is 2. The Balaban J connectivity index is 1.75. The van der Waals surface area contributed by atoms with Gasteiger partial charge in [-0.25, -0.2) is 0 Å². The van der Waals surface area contributed by atoms with Crippen LogP contribution >= 0.6 is 0 Å². The lowest BCUT2D eigenvalue weighted by Gasteiger charge is -2.21. The van der Waals surface area contributed by atoms with Gasteiger partial charge in [0.1, 0.15) is 22.9 Å². The van der Waals surface area contributed by atoms with E-state index < -0.39 is 11.7 Å². The van der Waals surface area contributed by atoms with E-state index in [-0.39, 0.29) is 5.60 Å². The molecule has 3 rings (SSSR count). The zero-order valence-corrected chi connectivity index (χ0v) is 16.8. The molecule has 0 N–H and O–H groups in total. The van der Waals surface area contributed by atoms with Crippen LogP contribution in [0.1, 0.15) is 43.2 Å². The topological polar surface area (TPSA) is 22.4 Å². The maximum absolute atomic E-state index is 12.7. The van der Waals surface area contributed by atoms with Gasteiger partial charge in [-0.05, 0) is 63.6 Å². The molecule has 0 aliphatic rings. The molecule has 1 aromatic heterocycles. The first-order valence-electron chi connectivity index (χ1n) is 9.26. The van der Waals surface area contributed by atoms with E-state index in [2.05, 4.69) is 0 Å². The zero-order chi connectivity index (χ0) is 21.2. The fourth-order valence-corrected chi connectivity index (χ4v) is 2.81. The minimum Gasteiger partial charge on any atom is -0.488 e. The highest BCUT2D eigenvalue weighted by atomic mass is 19.4. The van der Waals surface area contributed by atoms with E-state index in [0.29, 0.717) is 17.1 Å². The highest BCUT2D eigenvalue weighted by Crippen LogP contribution is 2.32. The highest BCUT2D eigenvalue weighted by Gasteiger charge is 2.30. The third kappa shape index (κ3) is 5.53. The van der Waals surface area contributed by atoms with Gasteiger partial charge in [-0.15, -0.1) is 0 Å². The second kappa shape index (κ2) is 7.82. The summed E-state index contributed by atoms with van der Waals surface area (Å²) in [6.07, 6.45) is -0.472. The number of furan rings is 1. The molecule has 0 fully saturated rings. The molecule has 2 nitrogen and oxygen atoms in total. The summed E-state index contributed by atoms with van der Waals surface area (Å²) in [5, 5.41) is 0. The van der Waals surface area contributed by atoms with Crippen molar-refractivity contribution in [3.8, 4) is 17.1 Å². The molecule has 0 atom stereocenters. The largest absolute Gasteiger partial charge is 0.488 e. The molecule has 0 amide bonds. The maximum Gasteiger partial charge on any atom is 0.416 e. The summed E-state index contributed by atoms with van der Waals surface area (Å²) in [6, 6.07) is 14.5. The normalized spacial score (nSPS) is 12.5. The first-order chi connectivity index (χ1) is 13.5. The van der Waals surface area contributed by atoms with E-state index in [1.807, 2.05) is 70.2 Å². The molecule has 0 radical (unpaired) electrons. The Kier molecular flexibility index (Phi) is 5.60. The molecule has 0 bridgehead atoms. The second-order valence-electron chi connectivity index (χ2n) is 7.81. The van der Waals surface area contributed by atoms with E-state index in [4.69, 9.17) is 9.15 Å². The van der Waals surface area contributed by atoms with Gasteiger partial charge in [0.2, 0.25) is 0 Å². The van der Waals surface area contributed by atoms with Gasteiger partial charge < -0.3 is 9.15 Å². The Morgan fingerprint density at radius 1 is 0.862 bits per heavy atom. The predicted octanol–water partition coefficient (Wildman–Crippen LogP) is 7.62. The van der Waals surface area contributed by atoms with Gasteiger partial charge in [0.05, 0.1) is 5.56 Å². The van der Waals surface area contributed by atoms with Crippen LogP contribution in [0.5, 0.6) is 5.75 Å². The molecule has 0 saturated heterocycles. The van der Waals surface area contributed by atoms with Crippen LogP contribution in [0.2, 0.25) is 0 Å². The van der Waals surface area contributed by atoms with Crippen molar-refractivity contribution in [2.45, 2.75) is 39.5 Å². The van der Waals surface area contributed by atoms with Crippen molar-refractivity contribution in [2.24, 2.45) is 0 Å². The van der Waals surface area contributed by atoms with E-state index in [1.165, 1.54) is 12.1 Å². The summed E-state index contributed by atoms with van der Waals surface area (Å²) in [6.45, 7) is 7.82. The number of alkyl halides is 3. The Morgan fingerprint density at radius 3 is 2.03 bits per heavy atom. The van der Waals surface area contributed by atoms with Crippen LogP contribution in [0.25, 0.3) is 23.5 Å². The summed E-state index contributed by atoms with van der Waals surface area (Å²) in [4.78, 5) is 0. The molecule has 152 valence electrons. The maximum atomic E-state index is 12.7. The molecule has 0 aliphatic carbocycles.